The highest BCUT2D eigenvalue weighted by Crippen LogP contribution is 2.18. The highest BCUT2D eigenvalue weighted by molar-refractivity contribution is 5.13. The van der Waals surface area contributed by atoms with E-state index in [2.05, 4.69) is 0 Å². The van der Waals surface area contributed by atoms with Gasteiger partial charge >= 0.3 is 0 Å². The Kier molecular flexibility index (Phi) is 2.02. The number of furan rings is 1. The molecule has 11 heavy (non-hydrogen) atoms. The molecule has 0 spiro atoms. The zero-order valence-electron chi connectivity index (χ0n) is 6.92. The van der Waals surface area contributed by atoms with Gasteiger partial charge in [0.05, 0.1) is 12.1 Å². The normalized spacial score (nSPS) is 12.0. The molecule has 0 atom stereocenters. The smallest absolute Gasteiger partial charge is 0.123 e. The lowest BCUT2D eigenvalue weighted by atomic mass is 10.0. The summed E-state index contributed by atoms with van der Waals surface area (Å²) in [6, 6.07) is 3.71. The van der Waals surface area contributed by atoms with E-state index < -0.39 is 5.54 Å². The third-order valence-corrected chi connectivity index (χ3v) is 1.50. The maximum atomic E-state index is 5.79. The van der Waals surface area contributed by atoms with Gasteiger partial charge in [-0.2, -0.15) is 0 Å². The van der Waals surface area contributed by atoms with Crippen molar-refractivity contribution >= 4 is 0 Å². The first kappa shape index (κ1) is 8.30. The third-order valence-electron chi connectivity index (χ3n) is 1.50. The largest absolute Gasteiger partial charge is 0.463 e. The van der Waals surface area contributed by atoms with Crippen LogP contribution in [0.15, 0.2) is 16.5 Å². The molecule has 1 aromatic rings. The summed E-state index contributed by atoms with van der Waals surface area (Å²) in [6.07, 6.45) is 0. The van der Waals surface area contributed by atoms with Gasteiger partial charge in [-0.15, -0.1) is 0 Å². The van der Waals surface area contributed by atoms with Crippen molar-refractivity contribution in [1.29, 1.82) is 0 Å². The molecule has 1 rings (SSSR count). The monoisotopic (exact) mass is 154 g/mol. The standard InChI is InChI=1S/C8H14N2O/c1-8(2,10)7-4-3-6(5-9)11-7/h3-4H,5,9-10H2,1-2H3. The van der Waals surface area contributed by atoms with Crippen molar-refractivity contribution < 1.29 is 4.42 Å². The fourth-order valence-corrected chi connectivity index (χ4v) is 0.834. The molecule has 0 unspecified atom stereocenters. The van der Waals surface area contributed by atoms with Crippen molar-refractivity contribution in [3.8, 4) is 0 Å². The van der Waals surface area contributed by atoms with Crippen LogP contribution in [0.3, 0.4) is 0 Å². The third kappa shape index (κ3) is 1.82. The van der Waals surface area contributed by atoms with Crippen molar-refractivity contribution in [2.24, 2.45) is 11.5 Å². The van der Waals surface area contributed by atoms with Gasteiger partial charge in [-0.3, -0.25) is 0 Å². The molecule has 0 saturated carbocycles. The second-order valence-corrected chi connectivity index (χ2v) is 3.19. The van der Waals surface area contributed by atoms with Crippen LogP contribution in [0.5, 0.6) is 0 Å². The summed E-state index contributed by atoms with van der Waals surface area (Å²) in [6.45, 7) is 4.22. The van der Waals surface area contributed by atoms with Crippen LogP contribution >= 0.6 is 0 Å². The molecule has 0 aliphatic rings. The van der Waals surface area contributed by atoms with Gasteiger partial charge in [-0.05, 0) is 26.0 Å². The highest BCUT2D eigenvalue weighted by atomic mass is 16.3. The Morgan fingerprint density at radius 3 is 2.36 bits per heavy atom. The molecule has 3 nitrogen and oxygen atoms in total. The second kappa shape index (κ2) is 2.68. The van der Waals surface area contributed by atoms with E-state index in [0.717, 1.165) is 11.5 Å². The summed E-state index contributed by atoms with van der Waals surface area (Å²) in [4.78, 5) is 0. The van der Waals surface area contributed by atoms with Crippen LogP contribution in [0.4, 0.5) is 0 Å². The highest BCUT2D eigenvalue weighted by Gasteiger charge is 2.17. The first-order chi connectivity index (χ1) is 5.04. The Balaban J connectivity index is 2.89. The summed E-state index contributed by atoms with van der Waals surface area (Å²) in [7, 11) is 0. The van der Waals surface area contributed by atoms with Crippen LogP contribution in [0, 0.1) is 0 Å². The van der Waals surface area contributed by atoms with Gasteiger partial charge < -0.3 is 15.9 Å². The van der Waals surface area contributed by atoms with Crippen molar-refractivity contribution in [2.45, 2.75) is 25.9 Å². The fraction of sp³-hybridized carbons (Fsp3) is 0.500. The quantitative estimate of drug-likeness (QED) is 0.666. The van der Waals surface area contributed by atoms with E-state index in [0.29, 0.717) is 6.54 Å². The fourth-order valence-electron chi connectivity index (χ4n) is 0.834. The summed E-state index contributed by atoms with van der Waals surface area (Å²) < 4.78 is 5.35. The maximum absolute atomic E-state index is 5.79. The maximum Gasteiger partial charge on any atom is 0.123 e. The summed E-state index contributed by atoms with van der Waals surface area (Å²) in [5, 5.41) is 0. The molecule has 0 saturated heterocycles. The molecule has 0 bridgehead atoms. The summed E-state index contributed by atoms with van der Waals surface area (Å²) in [5.74, 6) is 1.55. The predicted molar refractivity (Wildman–Crippen MR) is 43.8 cm³/mol. The van der Waals surface area contributed by atoms with E-state index in [-0.39, 0.29) is 0 Å². The lowest BCUT2D eigenvalue weighted by Gasteiger charge is -2.14. The van der Waals surface area contributed by atoms with E-state index in [1.54, 1.807) is 0 Å². The lowest BCUT2D eigenvalue weighted by Crippen LogP contribution is -2.27. The minimum atomic E-state index is -0.409. The SMILES string of the molecule is CC(C)(N)c1ccc(CN)o1. The molecule has 0 aromatic carbocycles. The van der Waals surface area contributed by atoms with Crippen molar-refractivity contribution in [1.82, 2.24) is 0 Å². The molecular weight excluding hydrogens is 140 g/mol. The van der Waals surface area contributed by atoms with E-state index in [9.17, 15) is 0 Å². The summed E-state index contributed by atoms with van der Waals surface area (Å²) in [5.41, 5.74) is 10.8. The first-order valence-electron chi connectivity index (χ1n) is 3.62. The molecule has 3 heteroatoms. The van der Waals surface area contributed by atoms with Crippen LogP contribution in [-0.4, -0.2) is 0 Å². The number of hydrogen-bond donors (Lipinski definition) is 2. The Labute approximate surface area is 66.4 Å². The van der Waals surface area contributed by atoms with Crippen LogP contribution in [0.25, 0.3) is 0 Å². The molecule has 0 amide bonds. The Hall–Kier alpha value is -0.800. The van der Waals surface area contributed by atoms with E-state index in [1.165, 1.54) is 0 Å². The molecule has 0 aliphatic carbocycles. The van der Waals surface area contributed by atoms with Gasteiger partial charge in [-0.1, -0.05) is 0 Å². The lowest BCUT2D eigenvalue weighted by molar-refractivity contribution is 0.375. The van der Waals surface area contributed by atoms with E-state index in [4.69, 9.17) is 15.9 Å². The minimum Gasteiger partial charge on any atom is -0.463 e. The number of nitrogens with two attached hydrogens (primary N) is 2. The van der Waals surface area contributed by atoms with Crippen molar-refractivity contribution in [3.05, 3.63) is 23.7 Å². The predicted octanol–water partition coefficient (Wildman–Crippen LogP) is 0.932. The van der Waals surface area contributed by atoms with Gasteiger partial charge in [0, 0.05) is 0 Å². The minimum absolute atomic E-state index is 0.409. The Morgan fingerprint density at radius 1 is 1.45 bits per heavy atom. The zero-order valence-corrected chi connectivity index (χ0v) is 6.92. The van der Waals surface area contributed by atoms with E-state index >= 15 is 0 Å². The molecule has 0 aliphatic heterocycles. The first-order valence-corrected chi connectivity index (χ1v) is 3.62. The van der Waals surface area contributed by atoms with Gasteiger partial charge in [0.25, 0.3) is 0 Å². The van der Waals surface area contributed by atoms with Crippen LogP contribution in [0.2, 0.25) is 0 Å². The molecular formula is C8H14N2O. The number of hydrogen-bond acceptors (Lipinski definition) is 3. The Bertz CT molecular complexity index is 234. The van der Waals surface area contributed by atoms with Crippen molar-refractivity contribution in [3.63, 3.8) is 0 Å². The van der Waals surface area contributed by atoms with Crippen LogP contribution in [0.1, 0.15) is 25.4 Å². The van der Waals surface area contributed by atoms with Gasteiger partial charge in [0.15, 0.2) is 0 Å². The van der Waals surface area contributed by atoms with Gasteiger partial charge in [0.1, 0.15) is 11.5 Å². The molecule has 0 radical (unpaired) electrons. The molecule has 0 fully saturated rings. The van der Waals surface area contributed by atoms with Crippen molar-refractivity contribution in [2.75, 3.05) is 0 Å². The second-order valence-electron chi connectivity index (χ2n) is 3.19. The average Bonchev–Trinajstić information content (AvgIpc) is 2.32. The molecule has 1 aromatic heterocycles. The average molecular weight is 154 g/mol. The topological polar surface area (TPSA) is 65.2 Å². The van der Waals surface area contributed by atoms with Gasteiger partial charge in [0.2, 0.25) is 0 Å². The zero-order chi connectivity index (χ0) is 8.48. The Morgan fingerprint density at radius 2 is 2.09 bits per heavy atom. The number of rotatable bonds is 2. The van der Waals surface area contributed by atoms with Crippen LogP contribution in [-0.2, 0) is 12.1 Å². The molecule has 62 valence electrons. The molecule has 1 heterocycles. The summed E-state index contributed by atoms with van der Waals surface area (Å²) >= 11 is 0. The molecule has 4 N–H and O–H groups in total. The van der Waals surface area contributed by atoms with Gasteiger partial charge in [-0.25, -0.2) is 0 Å². The van der Waals surface area contributed by atoms with E-state index in [1.807, 2.05) is 26.0 Å². The van der Waals surface area contributed by atoms with Crippen LogP contribution < -0.4 is 11.5 Å².